The Morgan fingerprint density at radius 3 is 2.12 bits per heavy atom. The van der Waals surface area contributed by atoms with Gasteiger partial charge in [-0.05, 0) is 49.0 Å². The van der Waals surface area contributed by atoms with E-state index >= 15 is 0 Å². The van der Waals surface area contributed by atoms with E-state index < -0.39 is 9.84 Å². The van der Waals surface area contributed by atoms with Crippen molar-refractivity contribution < 1.29 is 8.42 Å². The van der Waals surface area contributed by atoms with E-state index in [9.17, 15) is 8.42 Å². The lowest BCUT2D eigenvalue weighted by Crippen LogP contribution is -2.37. The molecule has 0 aliphatic carbocycles. The lowest BCUT2D eigenvalue weighted by molar-refractivity contribution is 0.335. The van der Waals surface area contributed by atoms with Crippen molar-refractivity contribution in [3.63, 3.8) is 0 Å². The van der Waals surface area contributed by atoms with Crippen LogP contribution in [0.3, 0.4) is 0 Å². The highest BCUT2D eigenvalue weighted by molar-refractivity contribution is 7.90. The molecule has 1 saturated heterocycles. The molecule has 4 heteroatoms. The van der Waals surface area contributed by atoms with Crippen LogP contribution in [0.15, 0.2) is 29.2 Å². The molecular formula is C13H19NO2S. The summed E-state index contributed by atoms with van der Waals surface area (Å²) in [6, 6.07) is 7.36. The summed E-state index contributed by atoms with van der Waals surface area (Å²) in [5, 5.41) is 3.35. The number of hydrogen-bond acceptors (Lipinski definition) is 3. The number of piperidine rings is 1. The zero-order valence-electron chi connectivity index (χ0n) is 10.4. The first-order valence-corrected chi connectivity index (χ1v) is 7.82. The van der Waals surface area contributed by atoms with Crippen LogP contribution in [0.5, 0.6) is 0 Å². The molecule has 1 aliphatic rings. The van der Waals surface area contributed by atoms with Gasteiger partial charge in [0.1, 0.15) is 0 Å². The van der Waals surface area contributed by atoms with Crippen LogP contribution < -0.4 is 5.32 Å². The Labute approximate surface area is 103 Å². The van der Waals surface area contributed by atoms with E-state index in [1.165, 1.54) is 11.8 Å². The minimum Gasteiger partial charge on any atom is -0.317 e. The molecule has 2 rings (SSSR count). The third-order valence-electron chi connectivity index (χ3n) is 3.69. The predicted octanol–water partition coefficient (Wildman–Crippen LogP) is 1.73. The van der Waals surface area contributed by atoms with Crippen LogP contribution >= 0.6 is 0 Å². The van der Waals surface area contributed by atoms with Crippen LogP contribution in [0.25, 0.3) is 0 Å². The van der Waals surface area contributed by atoms with Crippen molar-refractivity contribution in [2.45, 2.75) is 30.1 Å². The second-order valence-corrected chi connectivity index (χ2v) is 7.12. The molecule has 0 bridgehead atoms. The summed E-state index contributed by atoms with van der Waals surface area (Å²) < 4.78 is 22.8. The van der Waals surface area contributed by atoms with E-state index in [0.29, 0.717) is 4.90 Å². The number of rotatable bonds is 2. The Kier molecular flexibility index (Phi) is 3.27. The predicted molar refractivity (Wildman–Crippen MR) is 69.0 cm³/mol. The zero-order valence-corrected chi connectivity index (χ0v) is 11.2. The highest BCUT2D eigenvalue weighted by Gasteiger charge is 2.28. The van der Waals surface area contributed by atoms with Gasteiger partial charge in [-0.2, -0.15) is 0 Å². The second-order valence-electron chi connectivity index (χ2n) is 5.11. The molecule has 0 unspecified atom stereocenters. The maximum absolute atomic E-state index is 11.4. The van der Waals surface area contributed by atoms with Crippen LogP contribution in [-0.2, 0) is 15.3 Å². The Hall–Kier alpha value is -0.870. The molecule has 1 aromatic carbocycles. The minimum atomic E-state index is -3.08. The van der Waals surface area contributed by atoms with Crippen LogP contribution in [0.1, 0.15) is 25.3 Å². The van der Waals surface area contributed by atoms with Crippen molar-refractivity contribution in [3.8, 4) is 0 Å². The topological polar surface area (TPSA) is 46.2 Å². The summed E-state index contributed by atoms with van der Waals surface area (Å²) in [5.74, 6) is 0. The molecule has 0 spiro atoms. The van der Waals surface area contributed by atoms with E-state index in [1.807, 2.05) is 12.1 Å². The highest BCUT2D eigenvalue weighted by Crippen LogP contribution is 2.33. The fourth-order valence-corrected chi connectivity index (χ4v) is 3.00. The van der Waals surface area contributed by atoms with Gasteiger partial charge in [0, 0.05) is 6.26 Å². The number of hydrogen-bond donors (Lipinski definition) is 1. The third kappa shape index (κ3) is 2.69. The maximum Gasteiger partial charge on any atom is 0.175 e. The SMILES string of the molecule is CC1(c2ccc(S(C)(=O)=O)cc2)CCNCC1. The summed E-state index contributed by atoms with van der Waals surface area (Å²) in [6.07, 6.45) is 3.45. The van der Waals surface area contributed by atoms with E-state index in [1.54, 1.807) is 12.1 Å². The van der Waals surface area contributed by atoms with E-state index in [0.717, 1.165) is 25.9 Å². The van der Waals surface area contributed by atoms with Gasteiger partial charge < -0.3 is 5.32 Å². The largest absolute Gasteiger partial charge is 0.317 e. The molecule has 17 heavy (non-hydrogen) atoms. The molecule has 1 aromatic rings. The average molecular weight is 253 g/mol. The molecule has 1 aliphatic heterocycles. The van der Waals surface area contributed by atoms with Crippen molar-refractivity contribution in [2.24, 2.45) is 0 Å². The standard InChI is InChI=1S/C13H19NO2S/c1-13(7-9-14-10-8-13)11-3-5-12(6-4-11)17(2,15)16/h3-6,14H,7-10H2,1-2H3. The summed E-state index contributed by atoms with van der Waals surface area (Å²) in [5.41, 5.74) is 1.42. The molecule has 94 valence electrons. The van der Waals surface area contributed by atoms with Crippen molar-refractivity contribution >= 4 is 9.84 Å². The van der Waals surface area contributed by atoms with E-state index in [-0.39, 0.29) is 5.41 Å². The zero-order chi connectivity index (χ0) is 12.5. The molecular weight excluding hydrogens is 234 g/mol. The van der Waals surface area contributed by atoms with E-state index in [4.69, 9.17) is 0 Å². The smallest absolute Gasteiger partial charge is 0.175 e. The van der Waals surface area contributed by atoms with Crippen LogP contribution in [0.4, 0.5) is 0 Å². The monoisotopic (exact) mass is 253 g/mol. The van der Waals surface area contributed by atoms with Crippen molar-refractivity contribution in [3.05, 3.63) is 29.8 Å². The second kappa shape index (κ2) is 4.42. The van der Waals surface area contributed by atoms with Crippen LogP contribution in [0, 0.1) is 0 Å². The molecule has 0 amide bonds. The van der Waals surface area contributed by atoms with Gasteiger partial charge in [0.25, 0.3) is 0 Å². The van der Waals surface area contributed by atoms with Crippen LogP contribution in [0.2, 0.25) is 0 Å². The number of nitrogens with one attached hydrogen (secondary N) is 1. The first kappa shape index (κ1) is 12.6. The minimum absolute atomic E-state index is 0.182. The molecule has 1 heterocycles. The van der Waals surface area contributed by atoms with Gasteiger partial charge in [-0.25, -0.2) is 8.42 Å². The Morgan fingerprint density at radius 1 is 1.12 bits per heavy atom. The van der Waals surface area contributed by atoms with Crippen molar-refractivity contribution in [1.29, 1.82) is 0 Å². The van der Waals surface area contributed by atoms with Gasteiger partial charge >= 0.3 is 0 Å². The first-order chi connectivity index (χ1) is 7.92. The quantitative estimate of drug-likeness (QED) is 0.873. The lowest BCUT2D eigenvalue weighted by atomic mass is 9.75. The molecule has 1 fully saturated rings. The van der Waals surface area contributed by atoms with Crippen molar-refractivity contribution in [2.75, 3.05) is 19.3 Å². The molecule has 1 N–H and O–H groups in total. The van der Waals surface area contributed by atoms with Gasteiger partial charge in [-0.1, -0.05) is 19.1 Å². The summed E-state index contributed by atoms with van der Waals surface area (Å²) in [4.78, 5) is 0.402. The van der Waals surface area contributed by atoms with Gasteiger partial charge in [0.2, 0.25) is 0 Å². The summed E-state index contributed by atoms with van der Waals surface area (Å²) in [7, 11) is -3.08. The van der Waals surface area contributed by atoms with Gasteiger partial charge in [-0.3, -0.25) is 0 Å². The highest BCUT2D eigenvalue weighted by atomic mass is 32.2. The molecule has 0 saturated carbocycles. The third-order valence-corrected chi connectivity index (χ3v) is 4.81. The maximum atomic E-state index is 11.4. The fraction of sp³-hybridized carbons (Fsp3) is 0.538. The van der Waals surface area contributed by atoms with Crippen molar-refractivity contribution in [1.82, 2.24) is 5.32 Å². The Bertz CT molecular complexity index is 485. The molecule has 0 radical (unpaired) electrons. The Balaban J connectivity index is 2.29. The van der Waals surface area contributed by atoms with Gasteiger partial charge in [0.05, 0.1) is 4.90 Å². The average Bonchev–Trinajstić information content (AvgIpc) is 2.29. The van der Waals surface area contributed by atoms with Gasteiger partial charge in [-0.15, -0.1) is 0 Å². The summed E-state index contributed by atoms with van der Waals surface area (Å²) in [6.45, 7) is 4.32. The normalized spacial score (nSPS) is 20.1. The lowest BCUT2D eigenvalue weighted by Gasteiger charge is -2.34. The molecule has 0 atom stereocenters. The first-order valence-electron chi connectivity index (χ1n) is 5.93. The molecule has 3 nitrogen and oxygen atoms in total. The molecule has 0 aromatic heterocycles. The number of sulfone groups is 1. The number of benzene rings is 1. The van der Waals surface area contributed by atoms with E-state index in [2.05, 4.69) is 12.2 Å². The van der Waals surface area contributed by atoms with Crippen LogP contribution in [-0.4, -0.2) is 27.8 Å². The summed E-state index contributed by atoms with van der Waals surface area (Å²) >= 11 is 0. The fourth-order valence-electron chi connectivity index (χ4n) is 2.37. The Morgan fingerprint density at radius 2 is 1.65 bits per heavy atom. The van der Waals surface area contributed by atoms with Gasteiger partial charge in [0.15, 0.2) is 9.84 Å².